The molecule has 0 N–H and O–H groups in total. The van der Waals surface area contributed by atoms with Crippen LogP contribution in [0.5, 0.6) is 0 Å². The lowest BCUT2D eigenvalue weighted by Crippen LogP contribution is -2.24. The van der Waals surface area contributed by atoms with Crippen molar-refractivity contribution < 1.29 is 9.32 Å². The van der Waals surface area contributed by atoms with Gasteiger partial charge in [0.05, 0.1) is 5.69 Å². The van der Waals surface area contributed by atoms with Crippen LogP contribution >= 0.6 is 15.9 Å². The zero-order valence-electron chi connectivity index (χ0n) is 9.54. The molecule has 3 rings (SSSR count). The van der Waals surface area contributed by atoms with E-state index in [2.05, 4.69) is 21.1 Å². The lowest BCUT2D eigenvalue weighted by atomic mass is 10.1. The Kier molecular flexibility index (Phi) is 2.91. The zero-order chi connectivity index (χ0) is 12.5. The molecule has 0 saturated carbocycles. The van der Waals surface area contributed by atoms with Gasteiger partial charge >= 0.3 is 0 Å². The third kappa shape index (κ3) is 2.06. The van der Waals surface area contributed by atoms with E-state index >= 15 is 0 Å². The van der Waals surface area contributed by atoms with Crippen molar-refractivity contribution in [3.8, 4) is 0 Å². The number of anilines is 1. The van der Waals surface area contributed by atoms with Crippen molar-refractivity contribution >= 4 is 27.5 Å². The predicted octanol–water partition coefficient (Wildman–Crippen LogP) is 2.96. The Balaban J connectivity index is 1.82. The van der Waals surface area contributed by atoms with E-state index in [4.69, 9.17) is 4.52 Å². The first-order valence-corrected chi connectivity index (χ1v) is 6.49. The summed E-state index contributed by atoms with van der Waals surface area (Å²) in [5, 5.41) is 3.91. The number of rotatable bonds is 2. The summed E-state index contributed by atoms with van der Waals surface area (Å²) >= 11 is 3.39. The van der Waals surface area contributed by atoms with Crippen LogP contribution in [0.3, 0.4) is 0 Å². The molecular formula is C13H11BrN2O2. The lowest BCUT2D eigenvalue weighted by Gasteiger charge is -2.16. The predicted molar refractivity (Wildman–Crippen MR) is 70.4 cm³/mol. The van der Waals surface area contributed by atoms with Crippen molar-refractivity contribution in [1.29, 1.82) is 0 Å². The number of hydrogen-bond acceptors (Lipinski definition) is 3. The first-order chi connectivity index (χ1) is 8.74. The van der Waals surface area contributed by atoms with E-state index in [1.54, 1.807) is 11.2 Å². The standard InChI is InChI=1S/C13H11BrN2O2/c14-10-1-3-11(4-2-10)16-8-9(7-13(16)17)12-5-6-18-15-12/h1-6,9H,7-8H2. The van der Waals surface area contributed by atoms with Gasteiger partial charge < -0.3 is 9.42 Å². The molecule has 1 fully saturated rings. The molecule has 1 aromatic carbocycles. The summed E-state index contributed by atoms with van der Waals surface area (Å²) in [6, 6.07) is 9.57. The van der Waals surface area contributed by atoms with Crippen molar-refractivity contribution in [1.82, 2.24) is 5.16 Å². The minimum absolute atomic E-state index is 0.125. The number of aromatic nitrogens is 1. The molecule has 1 saturated heterocycles. The Morgan fingerprint density at radius 1 is 1.28 bits per heavy atom. The van der Waals surface area contributed by atoms with Crippen molar-refractivity contribution in [3.63, 3.8) is 0 Å². The highest BCUT2D eigenvalue weighted by molar-refractivity contribution is 9.10. The summed E-state index contributed by atoms with van der Waals surface area (Å²) < 4.78 is 5.84. The number of carbonyl (C=O) groups is 1. The van der Waals surface area contributed by atoms with Gasteiger partial charge in [-0.3, -0.25) is 4.79 Å². The average molecular weight is 307 g/mol. The molecule has 1 aliphatic heterocycles. The number of halogens is 1. The molecule has 1 aromatic heterocycles. The van der Waals surface area contributed by atoms with Crippen LogP contribution in [0.25, 0.3) is 0 Å². The van der Waals surface area contributed by atoms with Crippen LogP contribution < -0.4 is 4.90 Å². The number of amides is 1. The quantitative estimate of drug-likeness (QED) is 0.857. The van der Waals surface area contributed by atoms with E-state index in [9.17, 15) is 4.79 Å². The highest BCUT2D eigenvalue weighted by Crippen LogP contribution is 2.31. The van der Waals surface area contributed by atoms with Gasteiger partial charge in [0.15, 0.2) is 0 Å². The largest absolute Gasteiger partial charge is 0.365 e. The summed E-state index contributed by atoms with van der Waals surface area (Å²) in [5.41, 5.74) is 1.78. The maximum absolute atomic E-state index is 12.0. The maximum atomic E-state index is 12.0. The molecule has 5 heteroatoms. The molecule has 0 aliphatic carbocycles. The van der Waals surface area contributed by atoms with E-state index in [1.165, 1.54) is 0 Å². The van der Waals surface area contributed by atoms with Gasteiger partial charge in [0.1, 0.15) is 6.26 Å². The van der Waals surface area contributed by atoms with Crippen LogP contribution in [0.4, 0.5) is 5.69 Å². The highest BCUT2D eigenvalue weighted by atomic mass is 79.9. The van der Waals surface area contributed by atoms with E-state index in [-0.39, 0.29) is 11.8 Å². The van der Waals surface area contributed by atoms with Crippen LogP contribution in [0.2, 0.25) is 0 Å². The van der Waals surface area contributed by atoms with E-state index in [0.717, 1.165) is 15.9 Å². The summed E-state index contributed by atoms with van der Waals surface area (Å²) in [5.74, 6) is 0.255. The van der Waals surface area contributed by atoms with Crippen LogP contribution in [0.1, 0.15) is 18.0 Å². The molecule has 0 bridgehead atoms. The molecule has 2 heterocycles. The third-order valence-electron chi connectivity index (χ3n) is 3.14. The van der Waals surface area contributed by atoms with E-state index in [0.29, 0.717) is 13.0 Å². The molecule has 1 unspecified atom stereocenters. The number of nitrogens with zero attached hydrogens (tertiary/aromatic N) is 2. The van der Waals surface area contributed by atoms with Gasteiger partial charge in [-0.05, 0) is 24.3 Å². The normalized spacial score (nSPS) is 19.5. The Bertz CT molecular complexity index is 551. The Morgan fingerprint density at radius 2 is 2.06 bits per heavy atom. The second kappa shape index (κ2) is 4.57. The minimum atomic E-state index is 0.125. The summed E-state index contributed by atoms with van der Waals surface area (Å²) in [6.07, 6.45) is 2.03. The molecule has 1 amide bonds. The number of benzene rings is 1. The minimum Gasteiger partial charge on any atom is -0.365 e. The fourth-order valence-electron chi connectivity index (χ4n) is 2.21. The van der Waals surface area contributed by atoms with Gasteiger partial charge in [-0.25, -0.2) is 0 Å². The SMILES string of the molecule is O=C1CC(c2ccon2)CN1c1ccc(Br)cc1. The van der Waals surface area contributed by atoms with E-state index in [1.807, 2.05) is 30.3 Å². The van der Waals surface area contributed by atoms with Gasteiger partial charge in [-0.1, -0.05) is 21.1 Å². The van der Waals surface area contributed by atoms with Gasteiger partial charge in [-0.2, -0.15) is 0 Å². The van der Waals surface area contributed by atoms with Crippen LogP contribution in [-0.2, 0) is 4.79 Å². The second-order valence-electron chi connectivity index (χ2n) is 4.31. The smallest absolute Gasteiger partial charge is 0.227 e. The van der Waals surface area contributed by atoms with Gasteiger partial charge in [0.2, 0.25) is 5.91 Å². The Morgan fingerprint density at radius 3 is 2.72 bits per heavy atom. The first kappa shape index (κ1) is 11.5. The first-order valence-electron chi connectivity index (χ1n) is 5.70. The molecule has 0 spiro atoms. The molecule has 1 atom stereocenters. The van der Waals surface area contributed by atoms with Gasteiger partial charge in [0.25, 0.3) is 0 Å². The second-order valence-corrected chi connectivity index (χ2v) is 5.22. The maximum Gasteiger partial charge on any atom is 0.227 e. The average Bonchev–Trinajstić information content (AvgIpc) is 2.99. The highest BCUT2D eigenvalue weighted by Gasteiger charge is 2.32. The molecule has 2 aromatic rings. The summed E-state index contributed by atoms with van der Waals surface area (Å²) in [6.45, 7) is 0.660. The summed E-state index contributed by atoms with van der Waals surface area (Å²) in [7, 11) is 0. The van der Waals surface area contributed by atoms with E-state index < -0.39 is 0 Å². The van der Waals surface area contributed by atoms with Crippen molar-refractivity contribution in [2.24, 2.45) is 0 Å². The van der Waals surface area contributed by atoms with Crippen LogP contribution in [-0.4, -0.2) is 17.6 Å². The van der Waals surface area contributed by atoms with Crippen molar-refractivity contribution in [3.05, 3.63) is 46.8 Å². The molecule has 92 valence electrons. The number of carbonyl (C=O) groups excluding carboxylic acids is 1. The molecule has 18 heavy (non-hydrogen) atoms. The molecule has 4 nitrogen and oxygen atoms in total. The monoisotopic (exact) mass is 306 g/mol. The van der Waals surface area contributed by atoms with Crippen molar-refractivity contribution in [2.45, 2.75) is 12.3 Å². The Hall–Kier alpha value is -1.62. The van der Waals surface area contributed by atoms with Gasteiger partial charge in [0, 0.05) is 35.1 Å². The molecule has 1 aliphatic rings. The topological polar surface area (TPSA) is 46.3 Å². The van der Waals surface area contributed by atoms with Crippen molar-refractivity contribution in [2.75, 3.05) is 11.4 Å². The fraction of sp³-hybridized carbons (Fsp3) is 0.231. The lowest BCUT2D eigenvalue weighted by molar-refractivity contribution is -0.117. The zero-order valence-corrected chi connectivity index (χ0v) is 11.1. The molecular weight excluding hydrogens is 296 g/mol. The van der Waals surface area contributed by atoms with Crippen LogP contribution in [0, 0.1) is 0 Å². The molecule has 0 radical (unpaired) electrons. The van der Waals surface area contributed by atoms with Gasteiger partial charge in [-0.15, -0.1) is 0 Å². The fourth-order valence-corrected chi connectivity index (χ4v) is 2.47. The summed E-state index contributed by atoms with van der Waals surface area (Å²) in [4.78, 5) is 13.8. The third-order valence-corrected chi connectivity index (χ3v) is 3.67. The number of hydrogen-bond donors (Lipinski definition) is 0. The van der Waals surface area contributed by atoms with Crippen LogP contribution in [0.15, 0.2) is 45.6 Å². The Labute approximate surface area is 113 Å².